The molecule has 30 heavy (non-hydrogen) atoms. The Labute approximate surface area is 188 Å². The molecule has 2 saturated heterocycles. The van der Waals surface area contributed by atoms with Gasteiger partial charge in [0.2, 0.25) is 0 Å². The first-order valence-corrected chi connectivity index (χ1v) is 12.0. The topological polar surface area (TPSA) is 72.5 Å². The molecule has 0 radical (unpaired) electrons. The average molecular weight is 463 g/mol. The molecule has 0 aromatic carbocycles. The Hall–Kier alpha value is -0.550. The molecule has 0 amide bonds. The van der Waals surface area contributed by atoms with Gasteiger partial charge in [0.05, 0.1) is 36.6 Å². The van der Waals surface area contributed by atoms with Crippen molar-refractivity contribution in [2.45, 2.75) is 48.9 Å². The normalized spacial score (nSPS) is 22.1. The predicted octanol–water partition coefficient (Wildman–Crippen LogP) is 3.39. The Balaban J connectivity index is 2.34. The Morgan fingerprint density at radius 3 is 2.30 bits per heavy atom. The van der Waals surface area contributed by atoms with Crippen LogP contribution < -0.4 is 0 Å². The van der Waals surface area contributed by atoms with Crippen LogP contribution in [0.3, 0.4) is 0 Å². The molecule has 0 aromatic rings. The van der Waals surface area contributed by atoms with Gasteiger partial charge in [-0.05, 0) is 43.4 Å². The number of hydrogen-bond donors (Lipinski definition) is 0. The molecule has 7 nitrogen and oxygen atoms in total. The van der Waals surface area contributed by atoms with Crippen molar-refractivity contribution in [3.63, 3.8) is 0 Å². The maximum Gasteiger partial charge on any atom is 0.335 e. The number of hydrogen-bond acceptors (Lipinski definition) is 9. The second-order valence-corrected chi connectivity index (χ2v) is 10.4. The molecule has 1 unspecified atom stereocenters. The van der Waals surface area contributed by atoms with Crippen molar-refractivity contribution in [1.29, 1.82) is 0 Å². The van der Waals surface area contributed by atoms with Gasteiger partial charge in [-0.2, -0.15) is 0 Å². The zero-order valence-corrected chi connectivity index (χ0v) is 20.2. The minimum Gasteiger partial charge on any atom is -0.466 e. The Morgan fingerprint density at radius 1 is 1.17 bits per heavy atom. The van der Waals surface area contributed by atoms with Gasteiger partial charge in [-0.25, -0.2) is 4.79 Å². The summed E-state index contributed by atoms with van der Waals surface area (Å²) in [5.74, 6) is 0.742. The van der Waals surface area contributed by atoms with Crippen LogP contribution in [0.2, 0.25) is 0 Å². The Bertz CT molecular complexity index is 606. The molecule has 0 aromatic heterocycles. The van der Waals surface area contributed by atoms with E-state index in [0.717, 1.165) is 23.5 Å². The number of rotatable bonds is 11. The molecule has 0 saturated carbocycles. The summed E-state index contributed by atoms with van der Waals surface area (Å²) in [4.78, 5) is 11.8. The lowest BCUT2D eigenvalue weighted by atomic mass is 10.0. The maximum absolute atomic E-state index is 11.8. The second-order valence-electron chi connectivity index (χ2n) is 7.29. The number of methoxy groups -OCH3 is 3. The molecule has 1 atom stereocenters. The zero-order valence-electron chi connectivity index (χ0n) is 18.6. The fourth-order valence-electron chi connectivity index (χ4n) is 3.30. The van der Waals surface area contributed by atoms with Crippen LogP contribution in [0.25, 0.3) is 0 Å². The number of esters is 1. The first kappa shape index (κ1) is 25.7. The third kappa shape index (κ3) is 6.48. The van der Waals surface area contributed by atoms with Crippen molar-refractivity contribution in [1.82, 2.24) is 0 Å². The molecule has 0 bridgehead atoms. The van der Waals surface area contributed by atoms with E-state index in [1.165, 1.54) is 7.11 Å². The first-order valence-electron chi connectivity index (χ1n) is 9.98. The summed E-state index contributed by atoms with van der Waals surface area (Å²) < 4.78 is 33.4. The maximum atomic E-state index is 11.8. The fourth-order valence-corrected chi connectivity index (χ4v) is 6.69. The van der Waals surface area contributed by atoms with Crippen molar-refractivity contribution >= 4 is 29.5 Å². The standard InChI is InChI=1S/C21H34O7S2/c1-15(19(22)25-6)14-26-17(12-16(2)20(3)27-8-9-28-20)21(13-18(23-4)24-5)29-10-7-11-30-21/h12,17-18H,1,7-11,13-14H2,2-6H3/b16-12+. The van der Waals surface area contributed by atoms with Gasteiger partial charge in [0.1, 0.15) is 6.10 Å². The number of thioether (sulfide) groups is 2. The second kappa shape index (κ2) is 11.9. The van der Waals surface area contributed by atoms with Crippen LogP contribution in [0.4, 0.5) is 0 Å². The van der Waals surface area contributed by atoms with E-state index in [4.69, 9.17) is 28.4 Å². The van der Waals surface area contributed by atoms with Crippen LogP contribution in [-0.2, 0) is 33.2 Å². The number of carbonyl (C=O) groups is 1. The lowest BCUT2D eigenvalue weighted by Crippen LogP contribution is -2.44. The summed E-state index contributed by atoms with van der Waals surface area (Å²) >= 11 is 3.67. The van der Waals surface area contributed by atoms with Crippen molar-refractivity contribution in [3.8, 4) is 0 Å². The SMILES string of the molecule is C=C(COC(/C=C(\C)C1(C)OCCO1)C1(CC(OC)OC)SCCCS1)C(=O)OC. The van der Waals surface area contributed by atoms with Gasteiger partial charge in [0.15, 0.2) is 12.1 Å². The van der Waals surface area contributed by atoms with E-state index >= 15 is 0 Å². The molecule has 9 heteroatoms. The Morgan fingerprint density at radius 2 is 1.77 bits per heavy atom. The van der Waals surface area contributed by atoms with Crippen LogP contribution in [0.5, 0.6) is 0 Å². The smallest absolute Gasteiger partial charge is 0.335 e. The van der Waals surface area contributed by atoms with Gasteiger partial charge in [0.25, 0.3) is 0 Å². The van der Waals surface area contributed by atoms with E-state index in [-0.39, 0.29) is 28.7 Å². The molecule has 2 aliphatic rings. The summed E-state index contributed by atoms with van der Waals surface area (Å²) in [6, 6.07) is 0. The first-order chi connectivity index (χ1) is 14.3. The van der Waals surface area contributed by atoms with Crippen LogP contribution >= 0.6 is 23.5 Å². The van der Waals surface area contributed by atoms with Crippen molar-refractivity contribution < 1.29 is 33.2 Å². The van der Waals surface area contributed by atoms with Gasteiger partial charge in [-0.1, -0.05) is 6.58 Å². The molecule has 0 aliphatic carbocycles. The molecular weight excluding hydrogens is 428 g/mol. The molecule has 172 valence electrons. The van der Waals surface area contributed by atoms with Crippen LogP contribution in [0, 0.1) is 0 Å². The lowest BCUT2D eigenvalue weighted by molar-refractivity contribution is -0.137. The molecule has 2 fully saturated rings. The molecule has 2 rings (SSSR count). The van der Waals surface area contributed by atoms with Crippen LogP contribution in [0.1, 0.15) is 26.7 Å². The van der Waals surface area contributed by atoms with Gasteiger partial charge >= 0.3 is 5.97 Å². The molecule has 0 spiro atoms. The molecule has 2 aliphatic heterocycles. The largest absolute Gasteiger partial charge is 0.466 e. The van der Waals surface area contributed by atoms with Crippen molar-refractivity contribution in [3.05, 3.63) is 23.8 Å². The fraction of sp³-hybridized carbons (Fsp3) is 0.762. The monoisotopic (exact) mass is 462 g/mol. The van der Waals surface area contributed by atoms with Gasteiger partial charge in [-0.3, -0.25) is 0 Å². The van der Waals surface area contributed by atoms with Crippen molar-refractivity contribution in [2.24, 2.45) is 0 Å². The number of carbonyl (C=O) groups excluding carboxylic acids is 1. The average Bonchev–Trinajstić information content (AvgIpc) is 3.22. The highest BCUT2D eigenvalue weighted by atomic mass is 32.2. The highest BCUT2D eigenvalue weighted by Crippen LogP contribution is 2.50. The minimum atomic E-state index is -0.784. The van der Waals surface area contributed by atoms with Gasteiger partial charge < -0.3 is 28.4 Å². The van der Waals surface area contributed by atoms with Crippen molar-refractivity contribution in [2.75, 3.05) is 52.7 Å². The van der Waals surface area contributed by atoms with E-state index in [1.807, 2.05) is 43.4 Å². The third-order valence-corrected chi connectivity index (χ3v) is 8.73. The minimum absolute atomic E-state index is 0.0625. The summed E-state index contributed by atoms with van der Waals surface area (Å²) in [5.41, 5.74) is 1.19. The van der Waals surface area contributed by atoms with Gasteiger partial charge in [-0.15, -0.1) is 23.5 Å². The van der Waals surface area contributed by atoms with E-state index in [0.29, 0.717) is 19.6 Å². The highest BCUT2D eigenvalue weighted by molar-refractivity contribution is 8.18. The molecule has 2 heterocycles. The van der Waals surface area contributed by atoms with Crippen LogP contribution in [0.15, 0.2) is 23.8 Å². The predicted molar refractivity (Wildman–Crippen MR) is 120 cm³/mol. The molecular formula is C21H34O7S2. The Kier molecular flexibility index (Phi) is 10.2. The van der Waals surface area contributed by atoms with E-state index in [9.17, 15) is 4.79 Å². The summed E-state index contributed by atoms with van der Waals surface area (Å²) in [6.45, 7) is 8.86. The van der Waals surface area contributed by atoms with E-state index in [1.54, 1.807) is 14.2 Å². The zero-order chi connectivity index (χ0) is 22.2. The lowest BCUT2D eigenvalue weighted by Gasteiger charge is -2.43. The van der Waals surface area contributed by atoms with Crippen LogP contribution in [-0.4, -0.2) is 80.9 Å². The third-order valence-electron chi connectivity index (χ3n) is 5.26. The summed E-state index contributed by atoms with van der Waals surface area (Å²) in [7, 11) is 4.61. The van der Waals surface area contributed by atoms with E-state index in [2.05, 4.69) is 6.58 Å². The summed E-state index contributed by atoms with van der Waals surface area (Å²) in [5, 5.41) is 0. The highest BCUT2D eigenvalue weighted by Gasteiger charge is 2.45. The summed E-state index contributed by atoms with van der Waals surface area (Å²) in [6.07, 6.45) is 3.06. The molecule has 0 N–H and O–H groups in total. The number of ether oxygens (including phenoxy) is 6. The van der Waals surface area contributed by atoms with E-state index < -0.39 is 11.8 Å². The quantitative estimate of drug-likeness (QED) is 0.199. The van der Waals surface area contributed by atoms with Gasteiger partial charge in [0, 0.05) is 20.6 Å².